The van der Waals surface area contributed by atoms with E-state index in [9.17, 15) is 14.4 Å². The fourth-order valence-electron chi connectivity index (χ4n) is 0.902. The van der Waals surface area contributed by atoms with Crippen molar-refractivity contribution in [2.45, 2.75) is 26.7 Å². The molecule has 0 heterocycles. The van der Waals surface area contributed by atoms with Gasteiger partial charge in [0.25, 0.3) is 0 Å². The maximum absolute atomic E-state index is 11.0. The Morgan fingerprint density at radius 3 is 1.33 bits per heavy atom. The first-order chi connectivity index (χ1) is 8.52. The highest BCUT2D eigenvalue weighted by molar-refractivity contribution is 5.66. The molecule has 0 aromatic heterocycles. The minimum Gasteiger partial charge on any atom is -0.466 e. The third-order valence-electron chi connectivity index (χ3n) is 1.63. The molecular formula is C11H18O7. The van der Waals surface area contributed by atoms with E-state index in [1.165, 1.54) is 13.8 Å². The van der Waals surface area contributed by atoms with Crippen LogP contribution >= 0.6 is 0 Å². The quantitative estimate of drug-likeness (QED) is 0.367. The second-order valence-electron chi connectivity index (χ2n) is 3.33. The molecule has 104 valence electrons. The van der Waals surface area contributed by atoms with Crippen molar-refractivity contribution in [2.75, 3.05) is 26.4 Å². The first-order valence-corrected chi connectivity index (χ1v) is 5.58. The molecular weight excluding hydrogens is 244 g/mol. The predicted octanol–water partition coefficient (Wildman–Crippen LogP) is 1.05. The number of carbonyl (C=O) groups excluding carboxylic acids is 3. The van der Waals surface area contributed by atoms with Crippen LogP contribution < -0.4 is 0 Å². The van der Waals surface area contributed by atoms with Crippen LogP contribution in [-0.2, 0) is 28.5 Å². The lowest BCUT2D eigenvalue weighted by Crippen LogP contribution is -2.12. The third kappa shape index (κ3) is 12.3. The smallest absolute Gasteiger partial charge is 0.466 e. The molecule has 0 saturated carbocycles. The number of hydrogen-bond donors (Lipinski definition) is 0. The van der Waals surface area contributed by atoms with Crippen LogP contribution in [0.2, 0.25) is 0 Å². The van der Waals surface area contributed by atoms with Crippen LogP contribution in [0.25, 0.3) is 0 Å². The van der Waals surface area contributed by atoms with Gasteiger partial charge in [0.05, 0.1) is 26.4 Å². The Morgan fingerprint density at radius 2 is 1.00 bits per heavy atom. The molecule has 0 saturated heterocycles. The molecule has 0 aliphatic carbocycles. The van der Waals surface area contributed by atoms with Gasteiger partial charge in [-0.2, -0.15) is 0 Å². The second kappa shape index (κ2) is 10.4. The molecule has 0 radical (unpaired) electrons. The summed E-state index contributed by atoms with van der Waals surface area (Å²) in [4.78, 5) is 31.8. The number of esters is 2. The Hall–Kier alpha value is -1.79. The van der Waals surface area contributed by atoms with Crippen LogP contribution in [0.4, 0.5) is 4.79 Å². The lowest BCUT2D eigenvalue weighted by atomic mass is 10.5. The van der Waals surface area contributed by atoms with Crippen molar-refractivity contribution in [3.05, 3.63) is 0 Å². The Labute approximate surface area is 105 Å². The lowest BCUT2D eigenvalue weighted by Gasteiger charge is -2.06. The summed E-state index contributed by atoms with van der Waals surface area (Å²) in [5.41, 5.74) is 0. The van der Waals surface area contributed by atoms with Crippen molar-refractivity contribution < 1.29 is 33.3 Å². The molecule has 7 heteroatoms. The summed E-state index contributed by atoms with van der Waals surface area (Å²) in [7, 11) is 0. The molecule has 0 aromatic rings. The van der Waals surface area contributed by atoms with Gasteiger partial charge in [-0.15, -0.1) is 0 Å². The van der Waals surface area contributed by atoms with E-state index in [1.807, 2.05) is 0 Å². The molecule has 7 nitrogen and oxygen atoms in total. The Morgan fingerprint density at radius 1 is 0.667 bits per heavy atom. The van der Waals surface area contributed by atoms with E-state index < -0.39 is 6.16 Å². The highest BCUT2D eigenvalue weighted by Crippen LogP contribution is 1.92. The Balaban J connectivity index is 3.27. The minimum atomic E-state index is -0.791. The average Bonchev–Trinajstić information content (AvgIpc) is 2.27. The molecule has 0 amide bonds. The monoisotopic (exact) mass is 262 g/mol. The van der Waals surface area contributed by atoms with E-state index >= 15 is 0 Å². The molecule has 0 rings (SSSR count). The van der Waals surface area contributed by atoms with Gasteiger partial charge in [0.15, 0.2) is 0 Å². The summed E-state index contributed by atoms with van der Waals surface area (Å²) in [6.45, 7) is 3.26. The van der Waals surface area contributed by atoms with E-state index in [0.717, 1.165) is 0 Å². The summed E-state index contributed by atoms with van der Waals surface area (Å²) in [5.74, 6) is -0.744. The van der Waals surface area contributed by atoms with Crippen LogP contribution in [0.3, 0.4) is 0 Å². The Kier molecular flexibility index (Phi) is 9.34. The molecule has 0 aromatic carbocycles. The normalized spacial score (nSPS) is 9.44. The van der Waals surface area contributed by atoms with Gasteiger partial charge in [-0.1, -0.05) is 0 Å². The van der Waals surface area contributed by atoms with Gasteiger partial charge in [0, 0.05) is 26.7 Å². The fourth-order valence-corrected chi connectivity index (χ4v) is 0.902. The van der Waals surface area contributed by atoms with Crippen molar-refractivity contribution >= 4 is 18.1 Å². The number of rotatable bonds is 8. The van der Waals surface area contributed by atoms with E-state index in [2.05, 4.69) is 9.47 Å². The fraction of sp³-hybridized carbons (Fsp3) is 0.727. The van der Waals surface area contributed by atoms with E-state index in [4.69, 9.17) is 9.47 Å². The summed E-state index contributed by atoms with van der Waals surface area (Å²) in [6, 6.07) is 0. The van der Waals surface area contributed by atoms with Gasteiger partial charge < -0.3 is 18.9 Å². The SMILES string of the molecule is CC(=O)OCCCOC(=O)OCCCOC(C)=O. The van der Waals surface area contributed by atoms with Gasteiger partial charge in [-0.3, -0.25) is 9.59 Å². The zero-order valence-corrected chi connectivity index (χ0v) is 10.6. The van der Waals surface area contributed by atoms with Crippen molar-refractivity contribution in [3.63, 3.8) is 0 Å². The standard InChI is InChI=1S/C11H18O7/c1-9(12)15-5-3-7-17-11(14)18-8-4-6-16-10(2)13/h3-8H2,1-2H3. The van der Waals surface area contributed by atoms with Crippen molar-refractivity contribution in [2.24, 2.45) is 0 Å². The summed E-state index contributed by atoms with van der Waals surface area (Å²) in [6.07, 6.45) is 0.0465. The van der Waals surface area contributed by atoms with Gasteiger partial charge in [0.1, 0.15) is 0 Å². The number of hydrogen-bond acceptors (Lipinski definition) is 7. The van der Waals surface area contributed by atoms with Gasteiger partial charge in [-0.25, -0.2) is 4.79 Å². The van der Waals surface area contributed by atoms with Crippen molar-refractivity contribution in [1.29, 1.82) is 0 Å². The maximum atomic E-state index is 11.0. The van der Waals surface area contributed by atoms with Gasteiger partial charge in [0.2, 0.25) is 0 Å². The first-order valence-electron chi connectivity index (χ1n) is 5.58. The molecule has 0 fully saturated rings. The highest BCUT2D eigenvalue weighted by atomic mass is 16.7. The van der Waals surface area contributed by atoms with Gasteiger partial charge >= 0.3 is 18.1 Å². The lowest BCUT2D eigenvalue weighted by molar-refractivity contribution is -0.142. The van der Waals surface area contributed by atoms with Crippen LogP contribution in [0.15, 0.2) is 0 Å². The average molecular weight is 262 g/mol. The number of carbonyl (C=O) groups is 3. The molecule has 0 spiro atoms. The van der Waals surface area contributed by atoms with Gasteiger partial charge in [-0.05, 0) is 0 Å². The maximum Gasteiger partial charge on any atom is 0.508 e. The van der Waals surface area contributed by atoms with Crippen LogP contribution in [0, 0.1) is 0 Å². The van der Waals surface area contributed by atoms with Crippen molar-refractivity contribution in [1.82, 2.24) is 0 Å². The summed E-state index contributed by atoms with van der Waals surface area (Å²) in [5, 5.41) is 0. The third-order valence-corrected chi connectivity index (χ3v) is 1.63. The second-order valence-corrected chi connectivity index (χ2v) is 3.33. The van der Waals surface area contributed by atoms with E-state index in [0.29, 0.717) is 12.8 Å². The van der Waals surface area contributed by atoms with Crippen LogP contribution in [0.1, 0.15) is 26.7 Å². The number of ether oxygens (including phenoxy) is 4. The van der Waals surface area contributed by atoms with Crippen molar-refractivity contribution in [3.8, 4) is 0 Å². The van der Waals surface area contributed by atoms with E-state index in [-0.39, 0.29) is 38.4 Å². The molecule has 0 N–H and O–H groups in total. The molecule has 0 unspecified atom stereocenters. The molecule has 0 aliphatic rings. The zero-order valence-electron chi connectivity index (χ0n) is 10.6. The van der Waals surface area contributed by atoms with E-state index in [1.54, 1.807) is 0 Å². The van der Waals surface area contributed by atoms with Crippen LogP contribution in [-0.4, -0.2) is 44.5 Å². The topological polar surface area (TPSA) is 88.1 Å². The molecule has 0 bridgehead atoms. The molecule has 0 aliphatic heterocycles. The molecule has 0 atom stereocenters. The largest absolute Gasteiger partial charge is 0.508 e. The molecule has 18 heavy (non-hydrogen) atoms. The zero-order chi connectivity index (χ0) is 13.8. The van der Waals surface area contributed by atoms with Crippen LogP contribution in [0.5, 0.6) is 0 Å². The summed E-state index contributed by atoms with van der Waals surface area (Å²) >= 11 is 0. The predicted molar refractivity (Wildman–Crippen MR) is 59.8 cm³/mol. The summed E-state index contributed by atoms with van der Waals surface area (Å²) < 4.78 is 18.7. The first kappa shape index (κ1) is 16.2. The minimum absolute atomic E-state index is 0.121. The Bertz CT molecular complexity index is 249. The highest BCUT2D eigenvalue weighted by Gasteiger charge is 2.03.